The third kappa shape index (κ3) is 3.23. The van der Waals surface area contributed by atoms with Gasteiger partial charge in [-0.05, 0) is 19.3 Å². The number of nitrogens with one attached hydrogen (secondary N) is 1. The van der Waals surface area contributed by atoms with E-state index in [-0.39, 0.29) is 0 Å². The summed E-state index contributed by atoms with van der Waals surface area (Å²) in [4.78, 5) is 9.50. The molecule has 1 fully saturated rings. The Morgan fingerprint density at radius 2 is 2.00 bits per heavy atom. The van der Waals surface area contributed by atoms with Crippen LogP contribution in [-0.4, -0.2) is 26.7 Å². The van der Waals surface area contributed by atoms with E-state index in [0.717, 1.165) is 29.3 Å². The molecule has 4 nitrogen and oxygen atoms in total. The van der Waals surface area contributed by atoms with Crippen molar-refractivity contribution in [1.82, 2.24) is 9.97 Å². The highest BCUT2D eigenvalue weighted by Gasteiger charge is 2.30. The summed E-state index contributed by atoms with van der Waals surface area (Å²) in [6, 6.07) is 0. The standard InChI is InChI=1S/C14H24N4S2/c1-5-10-12(20-7-6-19-10)14-16-9(4)11(8(2)3)13(17-14)18-15/h8,10,12H,5-7,15H2,1-4H3,(H,16,17,18). The first kappa shape index (κ1) is 15.9. The van der Waals surface area contributed by atoms with E-state index in [9.17, 15) is 0 Å². The minimum Gasteiger partial charge on any atom is -0.308 e. The van der Waals surface area contributed by atoms with E-state index in [1.807, 2.05) is 23.5 Å². The lowest BCUT2D eigenvalue weighted by Crippen LogP contribution is -2.23. The van der Waals surface area contributed by atoms with Crippen LogP contribution in [0.5, 0.6) is 0 Å². The molecule has 0 aromatic carbocycles. The van der Waals surface area contributed by atoms with E-state index in [0.29, 0.717) is 16.4 Å². The number of aromatic nitrogens is 2. The van der Waals surface area contributed by atoms with Gasteiger partial charge in [-0.3, -0.25) is 0 Å². The second-order valence-electron chi connectivity index (χ2n) is 5.34. The molecule has 0 aliphatic carbocycles. The molecule has 2 heterocycles. The Labute approximate surface area is 130 Å². The number of hydrogen-bond donors (Lipinski definition) is 2. The van der Waals surface area contributed by atoms with Gasteiger partial charge in [0.25, 0.3) is 0 Å². The summed E-state index contributed by atoms with van der Waals surface area (Å²) >= 11 is 4.02. The van der Waals surface area contributed by atoms with Gasteiger partial charge in [0.15, 0.2) is 0 Å². The average molecular weight is 313 g/mol. The zero-order valence-electron chi connectivity index (χ0n) is 12.6. The van der Waals surface area contributed by atoms with Crippen molar-refractivity contribution < 1.29 is 0 Å². The van der Waals surface area contributed by atoms with Crippen molar-refractivity contribution >= 4 is 29.3 Å². The van der Waals surface area contributed by atoms with E-state index in [2.05, 4.69) is 33.1 Å². The van der Waals surface area contributed by atoms with Gasteiger partial charge in [0, 0.05) is 28.0 Å². The Kier molecular flexibility index (Phi) is 5.57. The van der Waals surface area contributed by atoms with E-state index in [1.54, 1.807) is 0 Å². The Balaban J connectivity index is 2.39. The molecular formula is C14H24N4S2. The molecule has 1 aromatic heterocycles. The fourth-order valence-electron chi connectivity index (χ4n) is 2.67. The van der Waals surface area contributed by atoms with Crippen molar-refractivity contribution in [2.24, 2.45) is 5.84 Å². The molecule has 0 saturated carbocycles. The fraction of sp³-hybridized carbons (Fsp3) is 0.714. The predicted octanol–water partition coefficient (Wildman–Crippen LogP) is 3.49. The van der Waals surface area contributed by atoms with Crippen molar-refractivity contribution in [3.63, 3.8) is 0 Å². The summed E-state index contributed by atoms with van der Waals surface area (Å²) in [5.74, 6) is 10.2. The second kappa shape index (κ2) is 7.00. The van der Waals surface area contributed by atoms with Gasteiger partial charge in [-0.25, -0.2) is 15.8 Å². The van der Waals surface area contributed by atoms with Crippen LogP contribution in [0.2, 0.25) is 0 Å². The smallest absolute Gasteiger partial charge is 0.147 e. The van der Waals surface area contributed by atoms with Crippen molar-refractivity contribution in [3.05, 3.63) is 17.1 Å². The van der Waals surface area contributed by atoms with Gasteiger partial charge in [-0.15, -0.1) is 11.8 Å². The average Bonchev–Trinajstić information content (AvgIpc) is 2.45. The summed E-state index contributed by atoms with van der Waals surface area (Å²) in [5, 5.41) is 0.981. The summed E-state index contributed by atoms with van der Waals surface area (Å²) in [6.45, 7) is 8.59. The first-order chi connectivity index (χ1) is 9.58. The number of nitrogens with two attached hydrogens (primary N) is 1. The quantitative estimate of drug-likeness (QED) is 0.655. The van der Waals surface area contributed by atoms with Crippen molar-refractivity contribution in [2.45, 2.75) is 50.5 Å². The van der Waals surface area contributed by atoms with Crippen molar-refractivity contribution in [2.75, 3.05) is 16.9 Å². The molecule has 2 rings (SSSR count). The van der Waals surface area contributed by atoms with E-state index >= 15 is 0 Å². The summed E-state index contributed by atoms with van der Waals surface area (Å²) < 4.78 is 0. The van der Waals surface area contributed by atoms with Crippen molar-refractivity contribution in [1.29, 1.82) is 0 Å². The van der Waals surface area contributed by atoms with Gasteiger partial charge in [-0.2, -0.15) is 11.8 Å². The molecule has 6 heteroatoms. The number of hydrazine groups is 1. The van der Waals surface area contributed by atoms with Crippen LogP contribution in [0.3, 0.4) is 0 Å². The van der Waals surface area contributed by atoms with Crippen LogP contribution in [0.4, 0.5) is 5.82 Å². The Morgan fingerprint density at radius 3 is 2.60 bits per heavy atom. The lowest BCUT2D eigenvalue weighted by molar-refractivity contribution is 0.733. The summed E-state index contributed by atoms with van der Waals surface area (Å²) in [7, 11) is 0. The molecular weight excluding hydrogens is 288 g/mol. The second-order valence-corrected chi connectivity index (χ2v) is 7.93. The van der Waals surface area contributed by atoms with Gasteiger partial charge in [0.1, 0.15) is 11.6 Å². The number of nitrogens with zero attached hydrogens (tertiary/aromatic N) is 2. The maximum Gasteiger partial charge on any atom is 0.147 e. The van der Waals surface area contributed by atoms with Crippen LogP contribution in [0.15, 0.2) is 0 Å². The molecule has 2 unspecified atom stereocenters. The van der Waals surface area contributed by atoms with Crippen molar-refractivity contribution in [3.8, 4) is 0 Å². The van der Waals surface area contributed by atoms with Gasteiger partial charge in [-0.1, -0.05) is 20.8 Å². The van der Waals surface area contributed by atoms with E-state index in [4.69, 9.17) is 15.8 Å². The van der Waals surface area contributed by atoms with Gasteiger partial charge >= 0.3 is 0 Å². The Morgan fingerprint density at radius 1 is 1.30 bits per heavy atom. The molecule has 1 aliphatic heterocycles. The third-order valence-electron chi connectivity index (χ3n) is 3.57. The molecule has 0 bridgehead atoms. The van der Waals surface area contributed by atoms with Gasteiger partial charge in [0.05, 0.1) is 5.25 Å². The first-order valence-corrected chi connectivity index (χ1v) is 9.26. The number of nitrogen functional groups attached to an aromatic ring is 1. The van der Waals surface area contributed by atoms with Gasteiger partial charge < -0.3 is 5.43 Å². The molecule has 0 amide bonds. The lowest BCUT2D eigenvalue weighted by atomic mass is 10.0. The molecule has 112 valence electrons. The molecule has 1 aromatic rings. The SMILES string of the molecule is CCC1SCCSC1c1nc(C)c(C(C)C)c(NN)n1. The number of rotatable bonds is 4. The Bertz CT molecular complexity index is 465. The molecule has 1 saturated heterocycles. The predicted molar refractivity (Wildman–Crippen MR) is 90.4 cm³/mol. The number of anilines is 1. The normalized spacial score (nSPS) is 23.1. The molecule has 0 radical (unpaired) electrons. The monoisotopic (exact) mass is 312 g/mol. The zero-order valence-corrected chi connectivity index (χ0v) is 14.3. The van der Waals surface area contributed by atoms with Crippen LogP contribution >= 0.6 is 23.5 Å². The lowest BCUT2D eigenvalue weighted by Gasteiger charge is -2.29. The number of hydrogen-bond acceptors (Lipinski definition) is 6. The first-order valence-electron chi connectivity index (χ1n) is 7.16. The number of thioether (sulfide) groups is 2. The molecule has 2 atom stereocenters. The van der Waals surface area contributed by atoms with E-state index < -0.39 is 0 Å². The fourth-order valence-corrected chi connectivity index (χ4v) is 5.67. The van der Waals surface area contributed by atoms with Crippen LogP contribution in [-0.2, 0) is 0 Å². The summed E-state index contributed by atoms with van der Waals surface area (Å²) in [5.41, 5.74) is 4.93. The third-order valence-corrected chi connectivity index (χ3v) is 6.82. The minimum absolute atomic E-state index is 0.366. The zero-order chi connectivity index (χ0) is 14.7. The molecule has 0 spiro atoms. The number of aryl methyl sites for hydroxylation is 1. The highest BCUT2D eigenvalue weighted by Crippen LogP contribution is 2.43. The molecule has 1 aliphatic rings. The highest BCUT2D eigenvalue weighted by molar-refractivity contribution is 8.06. The maximum atomic E-state index is 5.67. The largest absolute Gasteiger partial charge is 0.308 e. The van der Waals surface area contributed by atoms with Gasteiger partial charge in [0.2, 0.25) is 0 Å². The van der Waals surface area contributed by atoms with E-state index in [1.165, 1.54) is 11.5 Å². The molecule has 3 N–H and O–H groups in total. The van der Waals surface area contributed by atoms with Crippen LogP contribution in [0, 0.1) is 6.92 Å². The van der Waals surface area contributed by atoms with Crippen LogP contribution in [0.1, 0.15) is 55.4 Å². The Hall–Kier alpha value is -0.460. The van der Waals surface area contributed by atoms with Crippen LogP contribution < -0.4 is 11.3 Å². The maximum absolute atomic E-state index is 5.67. The molecule has 20 heavy (non-hydrogen) atoms. The highest BCUT2D eigenvalue weighted by atomic mass is 32.2. The topological polar surface area (TPSA) is 63.8 Å². The minimum atomic E-state index is 0.366. The van der Waals surface area contributed by atoms with Crippen LogP contribution in [0.25, 0.3) is 0 Å². The summed E-state index contributed by atoms with van der Waals surface area (Å²) in [6.07, 6.45) is 1.15.